The molecule has 0 spiro atoms. The number of carbonyl (C=O) groups excluding carboxylic acids is 1. The topological polar surface area (TPSA) is 69.6 Å². The Morgan fingerprint density at radius 2 is 1.89 bits per heavy atom. The van der Waals surface area contributed by atoms with Gasteiger partial charge in [0.2, 0.25) is 0 Å². The second-order valence-electron chi connectivity index (χ2n) is 4.62. The third kappa shape index (κ3) is 3.07. The lowest BCUT2D eigenvalue weighted by atomic mass is 9.95. The first-order chi connectivity index (χ1) is 8.56. The summed E-state index contributed by atoms with van der Waals surface area (Å²) in [6.45, 7) is 0. The van der Waals surface area contributed by atoms with Crippen LogP contribution in [0, 0.1) is 0 Å². The molecule has 1 aromatic rings. The highest BCUT2D eigenvalue weighted by Gasteiger charge is 2.22. The van der Waals surface area contributed by atoms with Crippen LogP contribution < -0.4 is 5.32 Å². The van der Waals surface area contributed by atoms with Crippen LogP contribution in [0.2, 0.25) is 0 Å². The number of amides is 1. The summed E-state index contributed by atoms with van der Waals surface area (Å²) in [5.41, 5.74) is 0.181. The minimum atomic E-state index is -0.314. The second kappa shape index (κ2) is 5.48. The minimum Gasteiger partial charge on any atom is -0.508 e. The summed E-state index contributed by atoms with van der Waals surface area (Å²) in [7, 11) is 0. The number of halogens is 1. The highest BCUT2D eigenvalue weighted by molar-refractivity contribution is 6.20. The number of carbonyl (C=O) groups is 1. The summed E-state index contributed by atoms with van der Waals surface area (Å²) in [5, 5.41) is 21.8. The molecule has 1 aliphatic carbocycles. The molecule has 1 saturated carbocycles. The van der Waals surface area contributed by atoms with Crippen LogP contribution in [0.4, 0.5) is 0 Å². The first-order valence-electron chi connectivity index (χ1n) is 6.03. The number of phenolic OH excluding ortho intramolecular Hbond substituents is 2. The van der Waals surface area contributed by atoms with E-state index < -0.39 is 0 Å². The fourth-order valence-corrected chi connectivity index (χ4v) is 2.42. The van der Waals surface area contributed by atoms with Crippen LogP contribution in [0.5, 0.6) is 11.5 Å². The van der Waals surface area contributed by atoms with Crippen molar-refractivity contribution in [1.82, 2.24) is 5.32 Å². The van der Waals surface area contributed by atoms with E-state index in [0.717, 1.165) is 31.7 Å². The predicted octanol–water partition coefficient (Wildman–Crippen LogP) is 2.38. The molecule has 0 atom stereocenters. The molecule has 0 radical (unpaired) electrons. The zero-order chi connectivity index (χ0) is 13.1. The molecule has 2 rings (SSSR count). The van der Waals surface area contributed by atoms with E-state index in [2.05, 4.69) is 5.32 Å². The fraction of sp³-hybridized carbons (Fsp3) is 0.462. The van der Waals surface area contributed by atoms with E-state index in [1.807, 2.05) is 0 Å². The Morgan fingerprint density at radius 1 is 1.22 bits per heavy atom. The summed E-state index contributed by atoms with van der Waals surface area (Å²) in [5.74, 6) is -0.587. The van der Waals surface area contributed by atoms with Crippen molar-refractivity contribution >= 4 is 17.5 Å². The molecule has 4 nitrogen and oxygen atoms in total. The van der Waals surface area contributed by atoms with E-state index in [0.29, 0.717) is 0 Å². The van der Waals surface area contributed by atoms with Crippen molar-refractivity contribution in [3.05, 3.63) is 23.8 Å². The molecule has 98 valence electrons. The molecule has 1 amide bonds. The largest absolute Gasteiger partial charge is 0.508 e. The molecule has 1 aromatic carbocycles. The van der Waals surface area contributed by atoms with Gasteiger partial charge >= 0.3 is 0 Å². The molecule has 1 aliphatic rings. The molecule has 5 heteroatoms. The first-order valence-corrected chi connectivity index (χ1v) is 6.47. The number of alkyl halides is 1. The molecule has 0 bridgehead atoms. The maximum Gasteiger partial charge on any atom is 0.255 e. The number of hydrogen-bond acceptors (Lipinski definition) is 3. The molecule has 0 unspecified atom stereocenters. The van der Waals surface area contributed by atoms with E-state index >= 15 is 0 Å². The summed E-state index contributed by atoms with van der Waals surface area (Å²) in [6.07, 6.45) is 3.51. The van der Waals surface area contributed by atoms with Gasteiger partial charge in [-0.25, -0.2) is 0 Å². The average molecular weight is 270 g/mol. The Kier molecular flexibility index (Phi) is 3.97. The molecule has 0 heterocycles. The maximum atomic E-state index is 11.9. The van der Waals surface area contributed by atoms with Crippen molar-refractivity contribution in [2.24, 2.45) is 0 Å². The molecule has 0 saturated heterocycles. The summed E-state index contributed by atoms with van der Waals surface area (Å²) in [4.78, 5) is 11.9. The van der Waals surface area contributed by atoms with Gasteiger partial charge in [-0.3, -0.25) is 4.79 Å². The second-order valence-corrected chi connectivity index (χ2v) is 5.24. The Balaban J connectivity index is 1.99. The molecular formula is C13H16ClNO3. The van der Waals surface area contributed by atoms with Gasteiger partial charge in [0, 0.05) is 17.5 Å². The van der Waals surface area contributed by atoms with Gasteiger partial charge in [0.05, 0.1) is 5.56 Å². The van der Waals surface area contributed by atoms with Crippen LogP contribution in [-0.2, 0) is 0 Å². The summed E-state index contributed by atoms with van der Waals surface area (Å²) >= 11 is 6.00. The monoisotopic (exact) mass is 269 g/mol. The Labute approximate surface area is 111 Å². The lowest BCUT2D eigenvalue weighted by Crippen LogP contribution is -2.37. The number of rotatable bonds is 2. The normalized spacial score (nSPS) is 23.6. The van der Waals surface area contributed by atoms with Crippen LogP contribution in [0.15, 0.2) is 18.2 Å². The summed E-state index contributed by atoms with van der Waals surface area (Å²) in [6, 6.07) is 4.06. The number of hydrogen-bond donors (Lipinski definition) is 3. The molecule has 3 N–H and O–H groups in total. The fourth-order valence-electron chi connectivity index (χ4n) is 2.17. The van der Waals surface area contributed by atoms with Gasteiger partial charge < -0.3 is 15.5 Å². The third-order valence-corrected chi connectivity index (χ3v) is 3.65. The van der Waals surface area contributed by atoms with Crippen molar-refractivity contribution < 1.29 is 15.0 Å². The van der Waals surface area contributed by atoms with Crippen molar-refractivity contribution in [2.75, 3.05) is 0 Å². The number of phenols is 2. The van der Waals surface area contributed by atoms with E-state index in [1.165, 1.54) is 12.1 Å². The molecule has 1 fully saturated rings. The molecule has 0 aromatic heterocycles. The highest BCUT2D eigenvalue weighted by atomic mass is 35.5. The SMILES string of the molecule is O=C(NC1CCC(Cl)CC1)c1ccc(O)cc1O. The Morgan fingerprint density at radius 3 is 2.50 bits per heavy atom. The van der Waals surface area contributed by atoms with Gasteiger partial charge in [0.15, 0.2) is 0 Å². The summed E-state index contributed by atoms with van der Waals surface area (Å²) < 4.78 is 0. The lowest BCUT2D eigenvalue weighted by Gasteiger charge is -2.25. The maximum absolute atomic E-state index is 11.9. The molecule has 18 heavy (non-hydrogen) atoms. The van der Waals surface area contributed by atoms with Crippen LogP contribution in [0.25, 0.3) is 0 Å². The van der Waals surface area contributed by atoms with Gasteiger partial charge in [-0.15, -0.1) is 11.6 Å². The zero-order valence-electron chi connectivity index (χ0n) is 9.90. The van der Waals surface area contributed by atoms with Gasteiger partial charge in [-0.1, -0.05) is 0 Å². The van der Waals surface area contributed by atoms with Crippen molar-refractivity contribution in [3.63, 3.8) is 0 Å². The predicted molar refractivity (Wildman–Crippen MR) is 69.1 cm³/mol. The van der Waals surface area contributed by atoms with Gasteiger partial charge in [0.1, 0.15) is 11.5 Å². The Hall–Kier alpha value is -1.42. The van der Waals surface area contributed by atoms with Gasteiger partial charge in [0.25, 0.3) is 5.91 Å². The van der Waals surface area contributed by atoms with Crippen LogP contribution in [0.3, 0.4) is 0 Å². The van der Waals surface area contributed by atoms with Gasteiger partial charge in [-0.2, -0.15) is 0 Å². The zero-order valence-corrected chi connectivity index (χ0v) is 10.7. The first kappa shape index (κ1) is 13.0. The van der Waals surface area contributed by atoms with Crippen molar-refractivity contribution in [2.45, 2.75) is 37.1 Å². The number of aromatic hydroxyl groups is 2. The average Bonchev–Trinajstić information content (AvgIpc) is 2.32. The van der Waals surface area contributed by atoms with E-state index in [-0.39, 0.29) is 34.4 Å². The molecule has 0 aliphatic heterocycles. The van der Waals surface area contributed by atoms with Crippen LogP contribution >= 0.6 is 11.6 Å². The Bertz CT molecular complexity index is 442. The van der Waals surface area contributed by atoms with E-state index in [4.69, 9.17) is 16.7 Å². The standard InChI is InChI=1S/C13H16ClNO3/c14-8-1-3-9(4-2-8)15-13(18)11-6-5-10(16)7-12(11)17/h5-9,16-17H,1-4H2,(H,15,18). The number of nitrogens with one attached hydrogen (secondary N) is 1. The van der Waals surface area contributed by atoms with E-state index in [1.54, 1.807) is 0 Å². The van der Waals surface area contributed by atoms with Crippen LogP contribution in [-0.4, -0.2) is 27.5 Å². The van der Waals surface area contributed by atoms with Gasteiger partial charge in [-0.05, 0) is 37.8 Å². The lowest BCUT2D eigenvalue weighted by molar-refractivity contribution is 0.0925. The van der Waals surface area contributed by atoms with Crippen molar-refractivity contribution in [1.29, 1.82) is 0 Å². The minimum absolute atomic E-state index is 0.0632. The highest BCUT2D eigenvalue weighted by Crippen LogP contribution is 2.25. The molecular weight excluding hydrogens is 254 g/mol. The third-order valence-electron chi connectivity index (χ3n) is 3.22. The van der Waals surface area contributed by atoms with Crippen LogP contribution in [0.1, 0.15) is 36.0 Å². The van der Waals surface area contributed by atoms with E-state index in [9.17, 15) is 9.90 Å². The smallest absolute Gasteiger partial charge is 0.255 e. The number of benzene rings is 1. The van der Waals surface area contributed by atoms with Crippen molar-refractivity contribution in [3.8, 4) is 11.5 Å². The quantitative estimate of drug-likeness (QED) is 0.722.